The monoisotopic (exact) mass is 328 g/mol. The lowest BCUT2D eigenvalue weighted by Gasteiger charge is -2.18. The Balaban J connectivity index is 1.73. The zero-order chi connectivity index (χ0) is 17.1. The highest BCUT2D eigenvalue weighted by Gasteiger charge is 2.23. The second-order valence-electron chi connectivity index (χ2n) is 5.65. The van der Waals surface area contributed by atoms with Crippen LogP contribution < -0.4 is 16.2 Å². The number of nitrogens with zero attached hydrogens (tertiary/aromatic N) is 2. The van der Waals surface area contributed by atoms with Crippen LogP contribution in [-0.2, 0) is 4.79 Å². The number of ether oxygens (including phenoxy) is 1. The van der Waals surface area contributed by atoms with Crippen molar-refractivity contribution in [1.29, 1.82) is 0 Å². The summed E-state index contributed by atoms with van der Waals surface area (Å²) in [6, 6.07) is 4.14. The molecular formula is C17H17FN4O2. The molecule has 0 fully saturated rings. The van der Waals surface area contributed by atoms with Gasteiger partial charge in [0.15, 0.2) is 5.82 Å². The maximum absolute atomic E-state index is 14.3. The SMILES string of the molecule is NC1=CCC(C(=O)Oc2ccc(-c3ncc(N)cn3)c(F)c2)CC1. The number of rotatable bonds is 3. The first-order valence-electron chi connectivity index (χ1n) is 7.56. The Hall–Kier alpha value is -2.96. The fourth-order valence-corrected chi connectivity index (χ4v) is 2.49. The Morgan fingerprint density at radius 3 is 2.62 bits per heavy atom. The van der Waals surface area contributed by atoms with Crippen LogP contribution >= 0.6 is 0 Å². The minimum Gasteiger partial charge on any atom is -0.426 e. The van der Waals surface area contributed by atoms with E-state index >= 15 is 0 Å². The molecule has 7 heteroatoms. The van der Waals surface area contributed by atoms with Crippen molar-refractivity contribution in [2.24, 2.45) is 11.7 Å². The first-order chi connectivity index (χ1) is 11.5. The molecule has 0 spiro atoms. The Labute approximate surface area is 138 Å². The summed E-state index contributed by atoms with van der Waals surface area (Å²) in [5, 5.41) is 0. The summed E-state index contributed by atoms with van der Waals surface area (Å²) in [4.78, 5) is 20.1. The van der Waals surface area contributed by atoms with Crippen LogP contribution in [-0.4, -0.2) is 15.9 Å². The van der Waals surface area contributed by atoms with Gasteiger partial charge in [-0.05, 0) is 31.4 Å². The fourth-order valence-electron chi connectivity index (χ4n) is 2.49. The number of nitrogens with two attached hydrogens (primary N) is 2. The fraction of sp³-hybridized carbons (Fsp3) is 0.235. The van der Waals surface area contributed by atoms with Crippen LogP contribution in [0, 0.1) is 11.7 Å². The van der Waals surface area contributed by atoms with Gasteiger partial charge in [0.25, 0.3) is 0 Å². The van der Waals surface area contributed by atoms with Crippen LogP contribution in [0.15, 0.2) is 42.4 Å². The van der Waals surface area contributed by atoms with E-state index in [4.69, 9.17) is 16.2 Å². The van der Waals surface area contributed by atoms with Crippen molar-refractivity contribution in [3.63, 3.8) is 0 Å². The average Bonchev–Trinajstić information content (AvgIpc) is 2.57. The highest BCUT2D eigenvalue weighted by Crippen LogP contribution is 2.26. The molecule has 0 aliphatic heterocycles. The predicted molar refractivity (Wildman–Crippen MR) is 87.1 cm³/mol. The molecule has 1 aromatic heterocycles. The predicted octanol–water partition coefficient (Wildman–Crippen LogP) is 2.41. The number of benzene rings is 1. The third-order valence-corrected chi connectivity index (χ3v) is 3.85. The van der Waals surface area contributed by atoms with Gasteiger partial charge in [-0.1, -0.05) is 6.08 Å². The smallest absolute Gasteiger partial charge is 0.314 e. The largest absolute Gasteiger partial charge is 0.426 e. The van der Waals surface area contributed by atoms with Gasteiger partial charge in [-0.25, -0.2) is 14.4 Å². The van der Waals surface area contributed by atoms with Crippen LogP contribution in [0.2, 0.25) is 0 Å². The van der Waals surface area contributed by atoms with E-state index in [2.05, 4.69) is 9.97 Å². The number of carbonyl (C=O) groups is 1. The molecule has 6 nitrogen and oxygen atoms in total. The van der Waals surface area contributed by atoms with E-state index in [1.165, 1.54) is 24.5 Å². The minimum absolute atomic E-state index is 0.152. The lowest BCUT2D eigenvalue weighted by atomic mass is 9.93. The summed E-state index contributed by atoms with van der Waals surface area (Å²) in [6.45, 7) is 0. The third-order valence-electron chi connectivity index (χ3n) is 3.85. The number of anilines is 1. The highest BCUT2D eigenvalue weighted by molar-refractivity contribution is 5.76. The van der Waals surface area contributed by atoms with Gasteiger partial charge in [-0.2, -0.15) is 0 Å². The molecule has 2 aromatic rings. The third kappa shape index (κ3) is 3.51. The molecule has 0 saturated carbocycles. The molecule has 124 valence electrons. The number of halogens is 1. The summed E-state index contributed by atoms with van der Waals surface area (Å²) in [5.41, 5.74) is 12.6. The molecule has 1 aliphatic rings. The van der Waals surface area contributed by atoms with E-state index in [0.717, 1.165) is 11.8 Å². The molecule has 1 aromatic carbocycles. The minimum atomic E-state index is -0.571. The van der Waals surface area contributed by atoms with Gasteiger partial charge >= 0.3 is 5.97 Å². The first-order valence-corrected chi connectivity index (χ1v) is 7.56. The van der Waals surface area contributed by atoms with Crippen molar-refractivity contribution < 1.29 is 13.9 Å². The molecule has 1 atom stereocenters. The normalized spacial score (nSPS) is 17.2. The molecule has 0 saturated heterocycles. The first kappa shape index (κ1) is 15.9. The van der Waals surface area contributed by atoms with E-state index in [-0.39, 0.29) is 29.0 Å². The van der Waals surface area contributed by atoms with Crippen LogP contribution in [0.1, 0.15) is 19.3 Å². The summed E-state index contributed by atoms with van der Waals surface area (Å²) in [6.07, 6.45) is 6.49. The summed E-state index contributed by atoms with van der Waals surface area (Å²) in [5.74, 6) is -0.834. The van der Waals surface area contributed by atoms with E-state index < -0.39 is 5.82 Å². The van der Waals surface area contributed by atoms with Crippen molar-refractivity contribution in [2.75, 3.05) is 5.73 Å². The Morgan fingerprint density at radius 2 is 2.00 bits per heavy atom. The van der Waals surface area contributed by atoms with Gasteiger partial charge < -0.3 is 16.2 Å². The van der Waals surface area contributed by atoms with Gasteiger partial charge in [0.2, 0.25) is 0 Å². The van der Waals surface area contributed by atoms with Crippen LogP contribution in [0.3, 0.4) is 0 Å². The highest BCUT2D eigenvalue weighted by atomic mass is 19.1. The second-order valence-corrected chi connectivity index (χ2v) is 5.65. The number of aromatic nitrogens is 2. The Kier molecular flexibility index (Phi) is 4.41. The quantitative estimate of drug-likeness (QED) is 0.662. The van der Waals surface area contributed by atoms with Gasteiger partial charge in [0, 0.05) is 11.8 Å². The number of nitrogen functional groups attached to an aromatic ring is 1. The van der Waals surface area contributed by atoms with Gasteiger partial charge in [-0.15, -0.1) is 0 Å². The van der Waals surface area contributed by atoms with Crippen molar-refractivity contribution >= 4 is 11.7 Å². The van der Waals surface area contributed by atoms with Crippen LogP contribution in [0.4, 0.5) is 10.1 Å². The van der Waals surface area contributed by atoms with Crippen LogP contribution in [0.25, 0.3) is 11.4 Å². The van der Waals surface area contributed by atoms with E-state index in [1.807, 2.05) is 6.08 Å². The maximum atomic E-state index is 14.3. The topological polar surface area (TPSA) is 104 Å². The summed E-state index contributed by atoms with van der Waals surface area (Å²) < 4.78 is 19.5. The Bertz CT molecular complexity index is 790. The lowest BCUT2D eigenvalue weighted by molar-refractivity contribution is -0.139. The van der Waals surface area contributed by atoms with Gasteiger partial charge in [0.1, 0.15) is 11.6 Å². The van der Waals surface area contributed by atoms with Crippen molar-refractivity contribution in [3.05, 3.63) is 48.2 Å². The lowest BCUT2D eigenvalue weighted by Crippen LogP contribution is -2.23. The molecule has 0 radical (unpaired) electrons. The molecular weight excluding hydrogens is 311 g/mol. The van der Waals surface area contributed by atoms with E-state index in [0.29, 0.717) is 24.9 Å². The molecule has 3 rings (SSSR count). The average molecular weight is 328 g/mol. The number of esters is 1. The van der Waals surface area contributed by atoms with E-state index in [1.54, 1.807) is 0 Å². The maximum Gasteiger partial charge on any atom is 0.314 e. The molecule has 1 aliphatic carbocycles. The number of hydrogen-bond donors (Lipinski definition) is 2. The van der Waals surface area contributed by atoms with Crippen molar-refractivity contribution in [1.82, 2.24) is 9.97 Å². The second kappa shape index (κ2) is 6.66. The van der Waals surface area contributed by atoms with Gasteiger partial charge in [0.05, 0.1) is 29.6 Å². The molecule has 24 heavy (non-hydrogen) atoms. The Morgan fingerprint density at radius 1 is 1.25 bits per heavy atom. The number of carbonyl (C=O) groups excluding carboxylic acids is 1. The molecule has 0 amide bonds. The summed E-state index contributed by atoms with van der Waals surface area (Å²) in [7, 11) is 0. The molecule has 4 N–H and O–H groups in total. The molecule has 1 heterocycles. The van der Waals surface area contributed by atoms with E-state index in [9.17, 15) is 9.18 Å². The number of hydrogen-bond acceptors (Lipinski definition) is 6. The van der Waals surface area contributed by atoms with Crippen molar-refractivity contribution in [3.8, 4) is 17.1 Å². The van der Waals surface area contributed by atoms with Gasteiger partial charge in [-0.3, -0.25) is 4.79 Å². The zero-order valence-electron chi connectivity index (χ0n) is 12.9. The zero-order valence-corrected chi connectivity index (χ0v) is 12.9. The molecule has 0 bridgehead atoms. The van der Waals surface area contributed by atoms with Crippen LogP contribution in [0.5, 0.6) is 5.75 Å². The summed E-state index contributed by atoms with van der Waals surface area (Å²) >= 11 is 0. The standard InChI is InChI=1S/C17H17FN4O2/c18-15-7-13(24-17(23)10-1-3-11(19)4-2-10)5-6-14(15)16-21-8-12(20)9-22-16/h3,5-10H,1-2,4,19-20H2. The molecule has 1 unspecified atom stereocenters. The number of allylic oxidation sites excluding steroid dienone is 2. The van der Waals surface area contributed by atoms with Crippen molar-refractivity contribution in [2.45, 2.75) is 19.3 Å².